The van der Waals surface area contributed by atoms with Crippen LogP contribution >= 0.6 is 0 Å². The Morgan fingerprint density at radius 2 is 1.65 bits per heavy atom. The molecule has 5 heteroatoms. The normalized spacial score (nSPS) is 15.7. The molecule has 0 rings (SSSR count). The molecule has 0 aliphatic heterocycles. The molecule has 5 nitrogen and oxygen atoms in total. The summed E-state index contributed by atoms with van der Waals surface area (Å²) in [6, 6.07) is 0. The van der Waals surface area contributed by atoms with Gasteiger partial charge in [0.2, 0.25) is 0 Å². The first kappa shape index (κ1) is 16.1. The van der Waals surface area contributed by atoms with Crippen molar-refractivity contribution in [3.8, 4) is 0 Å². The molecule has 17 heavy (non-hydrogen) atoms. The molecular formula is C12H24NO4+. The standard InChI is InChI=1S/C12H23NO4/c1-8(2)6-9(14)11(12(16)17)10(15)7-13(3,4)5/h8,10-11,15H,6-7H2,1-5H3/p+1/t10-,11-/m1/s1. The predicted molar refractivity (Wildman–Crippen MR) is 64.5 cm³/mol. The van der Waals surface area contributed by atoms with Gasteiger partial charge in [0.25, 0.3) is 0 Å². The SMILES string of the molecule is CC(C)CC(=O)[C@@H](C(=O)O)[C@H](O)C[N+](C)(C)C. The Kier molecular flexibility index (Phi) is 5.78. The molecule has 0 spiro atoms. The Hall–Kier alpha value is -0.940. The largest absolute Gasteiger partial charge is 0.481 e. The number of carbonyl (C=O) groups excluding carboxylic acids is 1. The molecule has 0 heterocycles. The van der Waals surface area contributed by atoms with E-state index in [1.807, 2.05) is 35.0 Å². The van der Waals surface area contributed by atoms with Crippen molar-refractivity contribution < 1.29 is 24.3 Å². The molecule has 0 aromatic carbocycles. The van der Waals surface area contributed by atoms with Crippen molar-refractivity contribution in [1.82, 2.24) is 0 Å². The quantitative estimate of drug-likeness (QED) is 0.503. The van der Waals surface area contributed by atoms with Gasteiger partial charge in [-0.2, -0.15) is 0 Å². The zero-order chi connectivity index (χ0) is 13.8. The van der Waals surface area contributed by atoms with Crippen LogP contribution in [0.2, 0.25) is 0 Å². The highest BCUT2D eigenvalue weighted by Gasteiger charge is 2.36. The number of hydrogen-bond donors (Lipinski definition) is 2. The van der Waals surface area contributed by atoms with Gasteiger partial charge < -0.3 is 14.7 Å². The van der Waals surface area contributed by atoms with E-state index < -0.39 is 23.8 Å². The van der Waals surface area contributed by atoms with Gasteiger partial charge in [-0.15, -0.1) is 0 Å². The summed E-state index contributed by atoms with van der Waals surface area (Å²) < 4.78 is 0.417. The number of carbonyl (C=O) groups is 2. The van der Waals surface area contributed by atoms with E-state index >= 15 is 0 Å². The molecule has 2 atom stereocenters. The summed E-state index contributed by atoms with van der Waals surface area (Å²) in [5.74, 6) is -2.85. The summed E-state index contributed by atoms with van der Waals surface area (Å²) in [7, 11) is 5.53. The van der Waals surface area contributed by atoms with Crippen molar-refractivity contribution >= 4 is 11.8 Å². The van der Waals surface area contributed by atoms with E-state index in [9.17, 15) is 14.7 Å². The number of aliphatic carboxylic acids is 1. The smallest absolute Gasteiger partial charge is 0.316 e. The Labute approximate surface area is 103 Å². The van der Waals surface area contributed by atoms with Gasteiger partial charge in [0.1, 0.15) is 24.3 Å². The van der Waals surface area contributed by atoms with Gasteiger partial charge in [0.05, 0.1) is 21.1 Å². The number of nitrogens with zero attached hydrogens (tertiary/aromatic N) is 1. The Balaban J connectivity index is 4.74. The maximum absolute atomic E-state index is 11.8. The van der Waals surface area contributed by atoms with Crippen LogP contribution in [0, 0.1) is 11.8 Å². The van der Waals surface area contributed by atoms with Crippen LogP contribution in [0.4, 0.5) is 0 Å². The fraction of sp³-hybridized carbons (Fsp3) is 0.833. The Morgan fingerprint density at radius 1 is 1.18 bits per heavy atom. The number of aliphatic hydroxyl groups excluding tert-OH is 1. The molecule has 0 amide bonds. The van der Waals surface area contributed by atoms with Gasteiger partial charge in [0, 0.05) is 6.42 Å². The van der Waals surface area contributed by atoms with E-state index in [1.54, 1.807) is 0 Å². The van der Waals surface area contributed by atoms with Crippen molar-refractivity contribution in [2.45, 2.75) is 26.4 Å². The van der Waals surface area contributed by atoms with Gasteiger partial charge in [-0.25, -0.2) is 0 Å². The van der Waals surface area contributed by atoms with Crippen molar-refractivity contribution in [3.05, 3.63) is 0 Å². The molecule has 0 aliphatic rings. The first-order valence-electron chi connectivity index (χ1n) is 5.78. The second-order valence-corrected chi connectivity index (χ2v) is 5.92. The zero-order valence-corrected chi connectivity index (χ0v) is 11.3. The highest BCUT2D eigenvalue weighted by atomic mass is 16.4. The van der Waals surface area contributed by atoms with Crippen molar-refractivity contribution in [2.24, 2.45) is 11.8 Å². The third kappa shape index (κ3) is 6.38. The number of carboxylic acid groups (broad SMARTS) is 1. The van der Waals surface area contributed by atoms with Gasteiger partial charge >= 0.3 is 5.97 Å². The lowest BCUT2D eigenvalue weighted by molar-refractivity contribution is -0.873. The van der Waals surface area contributed by atoms with E-state index in [2.05, 4.69) is 0 Å². The van der Waals surface area contributed by atoms with Crippen LogP contribution in [0.5, 0.6) is 0 Å². The maximum atomic E-state index is 11.8. The van der Waals surface area contributed by atoms with E-state index in [1.165, 1.54) is 0 Å². The fourth-order valence-electron chi connectivity index (χ4n) is 1.71. The molecule has 0 aromatic heterocycles. The van der Waals surface area contributed by atoms with Crippen LogP contribution in [0.3, 0.4) is 0 Å². The average Bonchev–Trinajstić information content (AvgIpc) is 1.96. The number of rotatable bonds is 7. The molecule has 100 valence electrons. The number of quaternary nitrogens is 1. The van der Waals surface area contributed by atoms with E-state index in [0.29, 0.717) is 4.48 Å². The highest BCUT2D eigenvalue weighted by molar-refractivity contribution is 5.98. The number of aliphatic hydroxyl groups is 1. The molecular weight excluding hydrogens is 222 g/mol. The van der Waals surface area contributed by atoms with Crippen molar-refractivity contribution in [1.29, 1.82) is 0 Å². The Morgan fingerprint density at radius 3 is 1.94 bits per heavy atom. The number of carboxylic acids is 1. The summed E-state index contributed by atoms with van der Waals surface area (Å²) in [4.78, 5) is 22.8. The number of hydrogen-bond acceptors (Lipinski definition) is 3. The van der Waals surface area contributed by atoms with Crippen LogP contribution in [-0.2, 0) is 9.59 Å². The average molecular weight is 246 g/mol. The lowest BCUT2D eigenvalue weighted by atomic mass is 9.91. The minimum Gasteiger partial charge on any atom is -0.481 e. The van der Waals surface area contributed by atoms with E-state index in [0.717, 1.165) is 0 Å². The van der Waals surface area contributed by atoms with Crippen LogP contribution in [0.1, 0.15) is 20.3 Å². The molecule has 0 saturated heterocycles. The Bertz CT molecular complexity index is 281. The summed E-state index contributed by atoms with van der Waals surface area (Å²) in [5, 5.41) is 18.9. The summed E-state index contributed by atoms with van der Waals surface area (Å²) in [6.45, 7) is 3.94. The van der Waals surface area contributed by atoms with Crippen LogP contribution in [0.25, 0.3) is 0 Å². The lowest BCUT2D eigenvalue weighted by Gasteiger charge is -2.29. The van der Waals surface area contributed by atoms with Crippen LogP contribution < -0.4 is 0 Å². The van der Waals surface area contributed by atoms with E-state index in [4.69, 9.17) is 5.11 Å². The number of ketones is 1. The first-order valence-corrected chi connectivity index (χ1v) is 5.78. The number of Topliss-reactive ketones (excluding diaryl/α,β-unsaturated/α-hetero) is 1. The highest BCUT2D eigenvalue weighted by Crippen LogP contribution is 2.14. The van der Waals surface area contributed by atoms with Crippen molar-refractivity contribution in [3.63, 3.8) is 0 Å². The fourth-order valence-corrected chi connectivity index (χ4v) is 1.71. The molecule has 0 aromatic rings. The topological polar surface area (TPSA) is 74.6 Å². The van der Waals surface area contributed by atoms with Gasteiger partial charge in [-0.3, -0.25) is 9.59 Å². The minimum absolute atomic E-state index is 0.0978. The zero-order valence-electron chi connectivity index (χ0n) is 11.3. The van der Waals surface area contributed by atoms with Gasteiger partial charge in [-0.05, 0) is 5.92 Å². The summed E-state index contributed by atoms with van der Waals surface area (Å²) in [5.41, 5.74) is 0. The molecule has 2 N–H and O–H groups in total. The third-order valence-corrected chi connectivity index (χ3v) is 2.34. The van der Waals surface area contributed by atoms with Crippen LogP contribution in [-0.4, -0.2) is 60.2 Å². The van der Waals surface area contributed by atoms with Gasteiger partial charge in [0.15, 0.2) is 0 Å². The lowest BCUT2D eigenvalue weighted by Crippen LogP contribution is -2.48. The van der Waals surface area contributed by atoms with Gasteiger partial charge in [-0.1, -0.05) is 13.8 Å². The second kappa shape index (κ2) is 6.12. The van der Waals surface area contributed by atoms with E-state index in [-0.39, 0.29) is 18.9 Å². The molecule has 0 unspecified atom stereocenters. The molecule has 0 fully saturated rings. The molecule has 0 bridgehead atoms. The molecule has 0 radical (unpaired) electrons. The van der Waals surface area contributed by atoms with Crippen LogP contribution in [0.15, 0.2) is 0 Å². The van der Waals surface area contributed by atoms with Crippen molar-refractivity contribution in [2.75, 3.05) is 27.7 Å². The summed E-state index contributed by atoms with van der Waals surface area (Å²) >= 11 is 0. The molecule has 0 saturated carbocycles. The maximum Gasteiger partial charge on any atom is 0.316 e. The third-order valence-electron chi connectivity index (χ3n) is 2.34. The number of likely N-dealkylation sites (N-methyl/N-ethyl adjacent to an activating group) is 1. The molecule has 0 aliphatic carbocycles. The second-order valence-electron chi connectivity index (χ2n) is 5.92. The minimum atomic E-state index is -1.31. The monoisotopic (exact) mass is 246 g/mol. The summed E-state index contributed by atoms with van der Waals surface area (Å²) in [6.07, 6.45) is -0.954. The first-order chi connectivity index (χ1) is 7.54. The predicted octanol–water partition coefficient (Wildman–Crippen LogP) is 0.369.